The summed E-state index contributed by atoms with van der Waals surface area (Å²) in [4.78, 5) is 18.0. The van der Waals surface area contributed by atoms with Crippen molar-refractivity contribution >= 4 is 38.0 Å². The van der Waals surface area contributed by atoms with Crippen LogP contribution in [0.2, 0.25) is 0 Å². The number of hydrogen-bond donors (Lipinski definition) is 3. The molecule has 1 aliphatic rings. The molecule has 1 aromatic heterocycles. The quantitative estimate of drug-likeness (QED) is 0.273. The van der Waals surface area contributed by atoms with E-state index in [4.69, 9.17) is 10.5 Å². The minimum Gasteiger partial charge on any atom is -0.494 e. The molecule has 1 aliphatic carbocycles. The molecule has 1 fully saturated rings. The summed E-state index contributed by atoms with van der Waals surface area (Å²) in [7, 11) is -3.40. The second-order valence-corrected chi connectivity index (χ2v) is 11.5. The zero-order valence-corrected chi connectivity index (χ0v) is 21.9. The Kier molecular flexibility index (Phi) is 7.20. The maximum Gasteiger partial charge on any atom is 0.247 e. The number of pyridine rings is 1. The molecule has 196 valence electrons. The average Bonchev–Trinajstić information content (AvgIpc) is 3.78. The maximum absolute atomic E-state index is 13.6. The lowest BCUT2D eigenvalue weighted by Crippen LogP contribution is -2.33. The molecule has 4 aromatic rings. The Morgan fingerprint density at radius 2 is 1.89 bits per heavy atom. The predicted molar refractivity (Wildman–Crippen MR) is 149 cm³/mol. The first-order valence-corrected chi connectivity index (χ1v) is 14.1. The molecule has 0 spiro atoms. The van der Waals surface area contributed by atoms with Crippen LogP contribution in [-0.4, -0.2) is 31.2 Å². The number of ether oxygens (including phenoxy) is 1. The molecule has 8 nitrogen and oxygen atoms in total. The van der Waals surface area contributed by atoms with Gasteiger partial charge in [-0.25, -0.2) is 13.4 Å². The summed E-state index contributed by atoms with van der Waals surface area (Å²) < 4.78 is 31.5. The second-order valence-electron chi connectivity index (χ2n) is 9.28. The Morgan fingerprint density at radius 1 is 1.08 bits per heavy atom. The van der Waals surface area contributed by atoms with E-state index in [1.165, 1.54) is 0 Å². The van der Waals surface area contributed by atoms with Crippen molar-refractivity contribution in [3.8, 4) is 5.75 Å². The Balaban J connectivity index is 1.43. The highest BCUT2D eigenvalue weighted by atomic mass is 32.2. The van der Waals surface area contributed by atoms with E-state index in [-0.39, 0.29) is 22.6 Å². The highest BCUT2D eigenvalue weighted by Crippen LogP contribution is 2.35. The Bertz CT molecular complexity index is 1580. The number of nitrogens with zero attached hydrogens (tertiary/aromatic N) is 1. The summed E-state index contributed by atoms with van der Waals surface area (Å²) in [5.41, 5.74) is 8.01. The lowest BCUT2D eigenvalue weighted by atomic mass is 10.0. The van der Waals surface area contributed by atoms with Gasteiger partial charge in [0.25, 0.3) is 0 Å². The number of nitrogens with one attached hydrogen (secondary N) is 2. The zero-order chi connectivity index (χ0) is 26.7. The van der Waals surface area contributed by atoms with Gasteiger partial charge in [-0.05, 0) is 78.7 Å². The summed E-state index contributed by atoms with van der Waals surface area (Å²) in [6.45, 7) is 2.49. The molecule has 4 N–H and O–H groups in total. The first-order chi connectivity index (χ1) is 18.4. The molecule has 0 radical (unpaired) electrons. The van der Waals surface area contributed by atoms with Crippen molar-refractivity contribution in [3.63, 3.8) is 0 Å². The van der Waals surface area contributed by atoms with E-state index in [9.17, 15) is 13.2 Å². The molecule has 5 rings (SSSR count). The van der Waals surface area contributed by atoms with Crippen LogP contribution < -0.4 is 21.1 Å². The number of benzene rings is 3. The molecule has 0 aliphatic heterocycles. The zero-order valence-electron chi connectivity index (χ0n) is 21.1. The van der Waals surface area contributed by atoms with Crippen LogP contribution in [-0.2, 0) is 21.2 Å². The first kappa shape index (κ1) is 25.5. The fourth-order valence-corrected chi connectivity index (χ4v) is 6.37. The van der Waals surface area contributed by atoms with Crippen LogP contribution in [0.15, 0.2) is 83.9 Å². The summed E-state index contributed by atoms with van der Waals surface area (Å²) >= 11 is 0. The molecule has 1 saturated carbocycles. The number of rotatable bonds is 10. The lowest BCUT2D eigenvalue weighted by molar-refractivity contribution is -0.122. The van der Waals surface area contributed by atoms with Gasteiger partial charge in [-0.15, -0.1) is 0 Å². The standard InChI is InChI=1S/C29H30N4O4S/c1-2-37-23-8-5-7-20(17-23)27(33-22-10-13-25-19(16-22)14-15-31-28(25)30)29(34)32-18-21-6-3-4-9-26(21)38(35,36)24-11-12-24/h3-10,13-17,24,27,33H,2,11-12,18H2,1H3,(H2,30,31)(H,32,34). The Labute approximate surface area is 222 Å². The third-order valence-electron chi connectivity index (χ3n) is 6.57. The third kappa shape index (κ3) is 5.43. The van der Waals surface area contributed by atoms with E-state index < -0.39 is 15.9 Å². The van der Waals surface area contributed by atoms with Crippen LogP contribution in [0.3, 0.4) is 0 Å². The van der Waals surface area contributed by atoms with Gasteiger partial charge >= 0.3 is 0 Å². The maximum atomic E-state index is 13.6. The van der Waals surface area contributed by atoms with Gasteiger partial charge in [0.2, 0.25) is 5.91 Å². The van der Waals surface area contributed by atoms with E-state index in [0.717, 1.165) is 16.5 Å². The summed E-state index contributed by atoms with van der Waals surface area (Å²) in [6.07, 6.45) is 3.00. The van der Waals surface area contributed by atoms with Crippen LogP contribution in [0, 0.1) is 0 Å². The van der Waals surface area contributed by atoms with Crippen molar-refractivity contribution in [1.29, 1.82) is 0 Å². The van der Waals surface area contributed by atoms with Crippen molar-refractivity contribution in [1.82, 2.24) is 10.3 Å². The van der Waals surface area contributed by atoms with Crippen LogP contribution in [0.1, 0.15) is 36.9 Å². The Morgan fingerprint density at radius 3 is 2.68 bits per heavy atom. The van der Waals surface area contributed by atoms with Crippen molar-refractivity contribution in [2.75, 3.05) is 17.7 Å². The number of carbonyl (C=O) groups excluding carboxylic acids is 1. The first-order valence-electron chi connectivity index (χ1n) is 12.6. The molecule has 1 unspecified atom stereocenters. The van der Waals surface area contributed by atoms with Gasteiger partial charge < -0.3 is 21.1 Å². The minimum absolute atomic E-state index is 0.0875. The highest BCUT2D eigenvalue weighted by molar-refractivity contribution is 7.92. The number of amides is 1. The third-order valence-corrected chi connectivity index (χ3v) is 8.93. The van der Waals surface area contributed by atoms with Crippen molar-refractivity contribution in [3.05, 3.63) is 90.1 Å². The molecular formula is C29H30N4O4S. The molecule has 1 amide bonds. The largest absolute Gasteiger partial charge is 0.494 e. The number of nitrogens with two attached hydrogens (primary N) is 1. The predicted octanol–water partition coefficient (Wildman–Crippen LogP) is 4.62. The number of anilines is 2. The molecule has 38 heavy (non-hydrogen) atoms. The summed E-state index contributed by atoms with van der Waals surface area (Å²) in [5, 5.41) is 7.68. The number of aromatic nitrogens is 1. The van der Waals surface area contributed by atoms with Gasteiger partial charge in [-0.2, -0.15) is 0 Å². The van der Waals surface area contributed by atoms with E-state index in [0.29, 0.717) is 42.1 Å². The number of carbonyl (C=O) groups is 1. The fourth-order valence-electron chi connectivity index (χ4n) is 4.48. The van der Waals surface area contributed by atoms with Crippen molar-refractivity contribution in [2.24, 2.45) is 0 Å². The van der Waals surface area contributed by atoms with Crippen LogP contribution >= 0.6 is 0 Å². The molecule has 9 heteroatoms. The Hall–Kier alpha value is -4.11. The van der Waals surface area contributed by atoms with Gasteiger partial charge in [0, 0.05) is 23.8 Å². The van der Waals surface area contributed by atoms with Gasteiger partial charge in [0.1, 0.15) is 17.6 Å². The van der Waals surface area contributed by atoms with Gasteiger partial charge in [-0.1, -0.05) is 30.3 Å². The lowest BCUT2D eigenvalue weighted by Gasteiger charge is -2.21. The molecule has 3 aromatic carbocycles. The normalized spacial score (nSPS) is 14.1. The van der Waals surface area contributed by atoms with Crippen LogP contribution in [0.5, 0.6) is 5.75 Å². The monoisotopic (exact) mass is 530 g/mol. The van der Waals surface area contributed by atoms with Crippen molar-refractivity contribution < 1.29 is 17.9 Å². The van der Waals surface area contributed by atoms with E-state index in [1.807, 2.05) is 55.5 Å². The average molecular weight is 531 g/mol. The summed E-state index contributed by atoms with van der Waals surface area (Å²) in [5.74, 6) is 0.794. The molecule has 1 heterocycles. The summed E-state index contributed by atoms with van der Waals surface area (Å²) in [6, 6.07) is 21.0. The molecular weight excluding hydrogens is 500 g/mol. The molecule has 0 bridgehead atoms. The van der Waals surface area contributed by atoms with Crippen molar-refractivity contribution in [2.45, 2.75) is 42.5 Å². The SMILES string of the molecule is CCOc1cccc(C(Nc2ccc3c(N)nccc3c2)C(=O)NCc2ccccc2S(=O)(=O)C2CC2)c1. The molecule has 1 atom stereocenters. The van der Waals surface area contributed by atoms with Gasteiger partial charge in [-0.3, -0.25) is 4.79 Å². The topological polar surface area (TPSA) is 123 Å². The number of sulfone groups is 1. The number of hydrogen-bond acceptors (Lipinski definition) is 7. The van der Waals surface area contributed by atoms with Crippen LogP contribution in [0.25, 0.3) is 10.8 Å². The molecule has 0 saturated heterocycles. The number of fused-ring (bicyclic) bond motifs is 1. The van der Waals surface area contributed by atoms with Gasteiger partial charge in [0.15, 0.2) is 9.84 Å². The van der Waals surface area contributed by atoms with E-state index in [2.05, 4.69) is 15.6 Å². The van der Waals surface area contributed by atoms with Crippen LogP contribution in [0.4, 0.5) is 11.5 Å². The van der Waals surface area contributed by atoms with E-state index >= 15 is 0 Å². The fraction of sp³-hybridized carbons (Fsp3) is 0.241. The van der Waals surface area contributed by atoms with Gasteiger partial charge in [0.05, 0.1) is 16.8 Å². The smallest absolute Gasteiger partial charge is 0.247 e. The highest BCUT2D eigenvalue weighted by Gasteiger charge is 2.38. The number of nitrogen functional groups attached to an aromatic ring is 1. The van der Waals surface area contributed by atoms with E-state index in [1.54, 1.807) is 30.5 Å². The minimum atomic E-state index is -3.40. The second kappa shape index (κ2) is 10.7.